The Kier molecular flexibility index (Phi) is 4.20. The smallest absolute Gasteiger partial charge is 0.123 e. The van der Waals surface area contributed by atoms with Gasteiger partial charge in [-0.2, -0.15) is 0 Å². The van der Waals surface area contributed by atoms with Gasteiger partial charge in [0.2, 0.25) is 0 Å². The summed E-state index contributed by atoms with van der Waals surface area (Å²) in [5.41, 5.74) is 6.58. The van der Waals surface area contributed by atoms with Gasteiger partial charge < -0.3 is 15.6 Å². The molecule has 3 N–H and O–H groups in total. The Bertz CT molecular complexity index is 304. The highest BCUT2D eigenvalue weighted by atomic mass is 35.5. The van der Waals surface area contributed by atoms with Gasteiger partial charge in [-0.15, -0.1) is 0 Å². The third-order valence-electron chi connectivity index (χ3n) is 1.97. The van der Waals surface area contributed by atoms with Gasteiger partial charge in [-0.05, 0) is 24.1 Å². The highest BCUT2D eigenvalue weighted by Gasteiger charge is 2.08. The number of hydrogen-bond donors (Lipinski definition) is 2. The minimum atomic E-state index is -0.259. The summed E-state index contributed by atoms with van der Waals surface area (Å²) in [5, 5.41) is 9.45. The molecule has 0 saturated carbocycles. The number of rotatable bonds is 4. The number of benzene rings is 1. The molecule has 0 fully saturated rings. The van der Waals surface area contributed by atoms with Crippen LogP contribution in [0.1, 0.15) is 5.56 Å². The SMILES string of the molecule is COc1cc(Cl)ccc1CC(N)CO. The van der Waals surface area contributed by atoms with Crippen molar-refractivity contribution in [2.24, 2.45) is 5.73 Å². The Morgan fingerprint density at radius 3 is 2.86 bits per heavy atom. The second-order valence-corrected chi connectivity index (χ2v) is 3.54. The van der Waals surface area contributed by atoms with Crippen molar-refractivity contribution in [2.45, 2.75) is 12.5 Å². The van der Waals surface area contributed by atoms with Crippen LogP contribution in [0.25, 0.3) is 0 Å². The van der Waals surface area contributed by atoms with E-state index in [2.05, 4.69) is 0 Å². The van der Waals surface area contributed by atoms with E-state index >= 15 is 0 Å². The van der Waals surface area contributed by atoms with Crippen molar-refractivity contribution in [1.29, 1.82) is 0 Å². The maximum Gasteiger partial charge on any atom is 0.123 e. The molecule has 0 aromatic heterocycles. The van der Waals surface area contributed by atoms with Crippen LogP contribution >= 0.6 is 11.6 Å². The number of hydrogen-bond acceptors (Lipinski definition) is 3. The molecule has 0 aliphatic rings. The normalized spacial score (nSPS) is 12.6. The van der Waals surface area contributed by atoms with Gasteiger partial charge in [-0.25, -0.2) is 0 Å². The van der Waals surface area contributed by atoms with Gasteiger partial charge in [-0.1, -0.05) is 17.7 Å². The standard InChI is InChI=1S/C10H14ClNO2/c1-14-10-5-8(11)3-2-7(10)4-9(12)6-13/h2-3,5,9,13H,4,6,12H2,1H3. The van der Waals surface area contributed by atoms with Crippen molar-refractivity contribution in [3.63, 3.8) is 0 Å². The number of ether oxygens (including phenoxy) is 1. The van der Waals surface area contributed by atoms with E-state index < -0.39 is 0 Å². The molecular formula is C10H14ClNO2. The maximum absolute atomic E-state index is 8.82. The zero-order valence-corrected chi connectivity index (χ0v) is 8.79. The predicted octanol–water partition coefficient (Wildman–Crippen LogP) is 1.21. The van der Waals surface area contributed by atoms with E-state index in [1.165, 1.54) is 0 Å². The quantitative estimate of drug-likeness (QED) is 0.794. The second-order valence-electron chi connectivity index (χ2n) is 3.10. The lowest BCUT2D eigenvalue weighted by molar-refractivity contribution is 0.264. The van der Waals surface area contributed by atoms with Gasteiger partial charge in [0.15, 0.2) is 0 Å². The summed E-state index contributed by atoms with van der Waals surface area (Å²) in [6.07, 6.45) is 0.580. The molecule has 1 aromatic rings. The van der Waals surface area contributed by atoms with Gasteiger partial charge in [0, 0.05) is 11.1 Å². The Hall–Kier alpha value is -0.770. The first-order valence-electron chi connectivity index (χ1n) is 4.36. The predicted molar refractivity (Wildman–Crippen MR) is 56.8 cm³/mol. The highest BCUT2D eigenvalue weighted by molar-refractivity contribution is 6.30. The van der Waals surface area contributed by atoms with Gasteiger partial charge in [0.05, 0.1) is 13.7 Å². The van der Waals surface area contributed by atoms with E-state index in [0.29, 0.717) is 17.2 Å². The topological polar surface area (TPSA) is 55.5 Å². The van der Waals surface area contributed by atoms with Crippen molar-refractivity contribution >= 4 is 11.6 Å². The van der Waals surface area contributed by atoms with Crippen LogP contribution in [0.4, 0.5) is 0 Å². The Morgan fingerprint density at radius 1 is 1.57 bits per heavy atom. The lowest BCUT2D eigenvalue weighted by atomic mass is 10.1. The van der Waals surface area contributed by atoms with E-state index in [4.69, 9.17) is 27.2 Å². The number of halogens is 1. The number of aliphatic hydroxyl groups excluding tert-OH is 1. The van der Waals surface area contributed by atoms with Crippen LogP contribution in [0.5, 0.6) is 5.75 Å². The summed E-state index contributed by atoms with van der Waals surface area (Å²) >= 11 is 5.81. The van der Waals surface area contributed by atoms with Crippen LogP contribution in [-0.2, 0) is 6.42 Å². The fourth-order valence-corrected chi connectivity index (χ4v) is 1.40. The molecular weight excluding hydrogens is 202 g/mol. The van der Waals surface area contributed by atoms with Crippen LogP contribution in [0.15, 0.2) is 18.2 Å². The molecule has 0 aliphatic heterocycles. The second kappa shape index (κ2) is 5.20. The third kappa shape index (κ3) is 2.87. The van der Waals surface area contributed by atoms with Crippen LogP contribution in [0, 0.1) is 0 Å². The Morgan fingerprint density at radius 2 is 2.29 bits per heavy atom. The van der Waals surface area contributed by atoms with Crippen LogP contribution in [0.3, 0.4) is 0 Å². The summed E-state index contributed by atoms with van der Waals surface area (Å²) in [6, 6.07) is 5.12. The zero-order chi connectivity index (χ0) is 10.6. The largest absolute Gasteiger partial charge is 0.496 e. The maximum atomic E-state index is 8.82. The van der Waals surface area contributed by atoms with E-state index in [9.17, 15) is 0 Å². The molecule has 1 unspecified atom stereocenters. The molecule has 4 heteroatoms. The summed E-state index contributed by atoms with van der Waals surface area (Å²) in [7, 11) is 1.58. The molecule has 0 heterocycles. The molecule has 3 nitrogen and oxygen atoms in total. The minimum Gasteiger partial charge on any atom is -0.496 e. The molecule has 0 saturated heterocycles. The molecule has 0 aliphatic carbocycles. The van der Waals surface area contributed by atoms with Gasteiger partial charge in [0.1, 0.15) is 5.75 Å². The van der Waals surface area contributed by atoms with E-state index in [1.807, 2.05) is 6.07 Å². The van der Waals surface area contributed by atoms with E-state index in [-0.39, 0.29) is 12.6 Å². The van der Waals surface area contributed by atoms with Crippen molar-refractivity contribution in [3.05, 3.63) is 28.8 Å². The van der Waals surface area contributed by atoms with Crippen molar-refractivity contribution < 1.29 is 9.84 Å². The number of nitrogens with two attached hydrogens (primary N) is 1. The average molecular weight is 216 g/mol. The molecule has 1 rings (SSSR count). The Balaban J connectivity index is 2.85. The van der Waals surface area contributed by atoms with E-state index in [1.54, 1.807) is 19.2 Å². The van der Waals surface area contributed by atoms with Crippen LogP contribution in [-0.4, -0.2) is 24.9 Å². The van der Waals surface area contributed by atoms with Gasteiger partial charge in [0.25, 0.3) is 0 Å². The molecule has 0 radical (unpaired) electrons. The third-order valence-corrected chi connectivity index (χ3v) is 2.20. The summed E-state index contributed by atoms with van der Waals surface area (Å²) in [5.74, 6) is 0.710. The first kappa shape index (κ1) is 11.3. The van der Waals surface area contributed by atoms with Crippen LogP contribution in [0.2, 0.25) is 5.02 Å². The average Bonchev–Trinajstić information content (AvgIpc) is 2.20. The first-order chi connectivity index (χ1) is 6.67. The lowest BCUT2D eigenvalue weighted by Gasteiger charge is -2.12. The molecule has 78 valence electrons. The molecule has 0 amide bonds. The molecule has 1 atom stereocenters. The summed E-state index contributed by atoms with van der Waals surface area (Å²) in [6.45, 7) is -0.0359. The summed E-state index contributed by atoms with van der Waals surface area (Å²) in [4.78, 5) is 0. The van der Waals surface area contributed by atoms with Crippen LogP contribution < -0.4 is 10.5 Å². The zero-order valence-electron chi connectivity index (χ0n) is 8.03. The monoisotopic (exact) mass is 215 g/mol. The molecule has 0 bridgehead atoms. The number of methoxy groups -OCH3 is 1. The molecule has 14 heavy (non-hydrogen) atoms. The molecule has 1 aromatic carbocycles. The molecule has 0 spiro atoms. The van der Waals surface area contributed by atoms with Crippen molar-refractivity contribution in [1.82, 2.24) is 0 Å². The highest BCUT2D eigenvalue weighted by Crippen LogP contribution is 2.23. The minimum absolute atomic E-state index is 0.0359. The fourth-order valence-electron chi connectivity index (χ4n) is 1.23. The van der Waals surface area contributed by atoms with Gasteiger partial charge in [-0.3, -0.25) is 0 Å². The van der Waals surface area contributed by atoms with E-state index in [0.717, 1.165) is 5.56 Å². The first-order valence-corrected chi connectivity index (χ1v) is 4.74. The number of aliphatic hydroxyl groups is 1. The fraction of sp³-hybridized carbons (Fsp3) is 0.400. The summed E-state index contributed by atoms with van der Waals surface area (Å²) < 4.78 is 5.15. The van der Waals surface area contributed by atoms with Gasteiger partial charge >= 0.3 is 0 Å². The van der Waals surface area contributed by atoms with Crippen molar-refractivity contribution in [3.8, 4) is 5.75 Å². The van der Waals surface area contributed by atoms with Crippen molar-refractivity contribution in [2.75, 3.05) is 13.7 Å². The lowest BCUT2D eigenvalue weighted by Crippen LogP contribution is -2.26. The Labute approximate surface area is 88.4 Å².